The van der Waals surface area contributed by atoms with Gasteiger partial charge in [0.1, 0.15) is 5.69 Å². The van der Waals surface area contributed by atoms with Crippen molar-refractivity contribution in [2.24, 2.45) is 0 Å². The van der Waals surface area contributed by atoms with Gasteiger partial charge in [0.05, 0.1) is 0 Å². The maximum atomic E-state index is 12.3. The van der Waals surface area contributed by atoms with Crippen LogP contribution in [0.2, 0.25) is 0 Å². The van der Waals surface area contributed by atoms with E-state index in [9.17, 15) is 4.79 Å². The van der Waals surface area contributed by atoms with Crippen LogP contribution in [0.3, 0.4) is 0 Å². The number of nitrogens with one attached hydrogen (secondary N) is 2. The molecule has 1 aliphatic heterocycles. The first-order chi connectivity index (χ1) is 8.25. The molecular formula is C12H19ClN4O. The summed E-state index contributed by atoms with van der Waals surface area (Å²) in [5.41, 5.74) is 1.69. The molecule has 1 saturated heterocycles. The highest BCUT2D eigenvalue weighted by Crippen LogP contribution is 2.39. The molecule has 2 aliphatic rings. The number of carbonyl (C=O) groups is 1. The standard InChI is InChI=1S/C12H18N4O.ClH/c1-8-7-13-4-5-16(8)12(17)11-6-10(14-15-11)9-2-3-9;/h6,8-9,13H,2-5,7H2,1H3,(H,14,15);1H. The zero-order chi connectivity index (χ0) is 11.8. The third-order valence-corrected chi connectivity index (χ3v) is 3.60. The fourth-order valence-electron chi connectivity index (χ4n) is 2.34. The van der Waals surface area contributed by atoms with Gasteiger partial charge in [0.15, 0.2) is 0 Å². The Morgan fingerprint density at radius 2 is 2.28 bits per heavy atom. The smallest absolute Gasteiger partial charge is 0.274 e. The monoisotopic (exact) mass is 270 g/mol. The maximum absolute atomic E-state index is 12.3. The van der Waals surface area contributed by atoms with Crippen LogP contribution in [0.15, 0.2) is 6.07 Å². The van der Waals surface area contributed by atoms with E-state index < -0.39 is 0 Å². The van der Waals surface area contributed by atoms with Gasteiger partial charge in [-0.3, -0.25) is 9.89 Å². The lowest BCUT2D eigenvalue weighted by molar-refractivity contribution is 0.0649. The van der Waals surface area contributed by atoms with Crippen LogP contribution < -0.4 is 5.32 Å². The lowest BCUT2D eigenvalue weighted by Crippen LogP contribution is -2.52. The van der Waals surface area contributed by atoms with Gasteiger partial charge in [-0.05, 0) is 25.8 Å². The Labute approximate surface area is 113 Å². The molecule has 1 aromatic rings. The average Bonchev–Trinajstić information content (AvgIpc) is 3.07. The second-order valence-electron chi connectivity index (χ2n) is 5.03. The minimum atomic E-state index is 0. The molecule has 2 fully saturated rings. The van der Waals surface area contributed by atoms with Crippen LogP contribution in [0.1, 0.15) is 41.9 Å². The summed E-state index contributed by atoms with van der Waals surface area (Å²) in [7, 11) is 0. The molecule has 2 N–H and O–H groups in total. The van der Waals surface area contributed by atoms with E-state index in [1.807, 2.05) is 11.0 Å². The molecule has 100 valence electrons. The van der Waals surface area contributed by atoms with E-state index in [0.717, 1.165) is 25.3 Å². The van der Waals surface area contributed by atoms with Crippen LogP contribution in [0.4, 0.5) is 0 Å². The van der Waals surface area contributed by atoms with Crippen molar-refractivity contribution in [3.8, 4) is 0 Å². The Balaban J connectivity index is 0.00000120. The van der Waals surface area contributed by atoms with Crippen LogP contribution >= 0.6 is 12.4 Å². The van der Waals surface area contributed by atoms with Gasteiger partial charge in [0.25, 0.3) is 5.91 Å². The molecule has 0 bridgehead atoms. The van der Waals surface area contributed by atoms with Crippen molar-refractivity contribution >= 4 is 18.3 Å². The predicted molar refractivity (Wildman–Crippen MR) is 71.2 cm³/mol. The largest absolute Gasteiger partial charge is 0.332 e. The number of H-pyrrole nitrogens is 1. The Morgan fingerprint density at radius 3 is 2.94 bits per heavy atom. The molecule has 18 heavy (non-hydrogen) atoms. The lowest BCUT2D eigenvalue weighted by Gasteiger charge is -2.33. The zero-order valence-electron chi connectivity index (χ0n) is 10.5. The number of nitrogens with zero attached hydrogens (tertiary/aromatic N) is 2. The Bertz CT molecular complexity index is 429. The van der Waals surface area contributed by atoms with E-state index >= 15 is 0 Å². The number of amides is 1. The molecule has 1 saturated carbocycles. The number of piperazine rings is 1. The van der Waals surface area contributed by atoms with Crippen LogP contribution in [0.5, 0.6) is 0 Å². The summed E-state index contributed by atoms with van der Waals surface area (Å²) >= 11 is 0. The van der Waals surface area contributed by atoms with Crippen LogP contribution in [0.25, 0.3) is 0 Å². The molecule has 2 heterocycles. The number of aromatic nitrogens is 2. The van der Waals surface area contributed by atoms with Crippen LogP contribution in [-0.2, 0) is 0 Å². The second-order valence-corrected chi connectivity index (χ2v) is 5.03. The van der Waals surface area contributed by atoms with Gasteiger partial charge >= 0.3 is 0 Å². The van der Waals surface area contributed by atoms with Gasteiger partial charge in [-0.25, -0.2) is 0 Å². The molecule has 0 spiro atoms. The van der Waals surface area contributed by atoms with Crippen LogP contribution in [0, 0.1) is 0 Å². The predicted octanol–water partition coefficient (Wildman–Crippen LogP) is 1.14. The van der Waals surface area contributed by atoms with Crippen LogP contribution in [-0.4, -0.2) is 46.7 Å². The first kappa shape index (κ1) is 13.4. The number of carbonyl (C=O) groups excluding carboxylic acids is 1. The highest BCUT2D eigenvalue weighted by Gasteiger charge is 2.29. The average molecular weight is 271 g/mol. The SMILES string of the molecule is CC1CNCCN1C(=O)c1cc(C2CC2)[nH]n1.Cl. The fraction of sp³-hybridized carbons (Fsp3) is 0.667. The lowest BCUT2D eigenvalue weighted by atomic mass is 10.2. The van der Waals surface area contributed by atoms with Gasteiger partial charge < -0.3 is 10.2 Å². The summed E-state index contributed by atoms with van der Waals surface area (Å²) in [5, 5.41) is 10.4. The second kappa shape index (κ2) is 5.28. The normalized spacial score (nSPS) is 23.6. The summed E-state index contributed by atoms with van der Waals surface area (Å²) in [6.07, 6.45) is 2.44. The van der Waals surface area contributed by atoms with Crippen molar-refractivity contribution in [1.82, 2.24) is 20.4 Å². The summed E-state index contributed by atoms with van der Waals surface area (Å²) in [5.74, 6) is 0.673. The quantitative estimate of drug-likeness (QED) is 0.847. The third kappa shape index (κ3) is 2.52. The van der Waals surface area contributed by atoms with E-state index in [2.05, 4.69) is 22.4 Å². The molecule has 1 aliphatic carbocycles. The van der Waals surface area contributed by atoms with Gasteiger partial charge in [-0.15, -0.1) is 12.4 Å². The topological polar surface area (TPSA) is 61.0 Å². The van der Waals surface area contributed by atoms with Crippen molar-refractivity contribution in [3.05, 3.63) is 17.5 Å². The third-order valence-electron chi connectivity index (χ3n) is 3.60. The molecular weight excluding hydrogens is 252 g/mol. The van der Waals surface area contributed by atoms with E-state index in [1.54, 1.807) is 0 Å². The molecule has 1 aromatic heterocycles. The Hall–Kier alpha value is -1.07. The molecule has 3 rings (SSSR count). The molecule has 0 radical (unpaired) electrons. The molecule has 1 amide bonds. The zero-order valence-corrected chi connectivity index (χ0v) is 11.3. The van der Waals surface area contributed by atoms with E-state index in [0.29, 0.717) is 11.6 Å². The fourth-order valence-corrected chi connectivity index (χ4v) is 2.34. The van der Waals surface area contributed by atoms with Gasteiger partial charge in [0, 0.05) is 37.3 Å². The van der Waals surface area contributed by atoms with Crippen molar-refractivity contribution in [1.29, 1.82) is 0 Å². The van der Waals surface area contributed by atoms with E-state index in [-0.39, 0.29) is 24.4 Å². The Kier molecular flexibility index (Phi) is 3.92. The molecule has 6 heteroatoms. The number of halogens is 1. The summed E-state index contributed by atoms with van der Waals surface area (Å²) in [6, 6.07) is 2.17. The number of rotatable bonds is 2. The van der Waals surface area contributed by atoms with Crippen molar-refractivity contribution in [2.45, 2.75) is 31.7 Å². The first-order valence-corrected chi connectivity index (χ1v) is 6.32. The van der Waals surface area contributed by atoms with Crippen molar-refractivity contribution in [3.63, 3.8) is 0 Å². The minimum absolute atomic E-state index is 0. The number of hydrogen-bond acceptors (Lipinski definition) is 3. The molecule has 1 atom stereocenters. The van der Waals surface area contributed by atoms with E-state index in [1.165, 1.54) is 12.8 Å². The summed E-state index contributed by atoms with van der Waals surface area (Å²) < 4.78 is 0. The van der Waals surface area contributed by atoms with Gasteiger partial charge in [-0.2, -0.15) is 5.10 Å². The highest BCUT2D eigenvalue weighted by molar-refractivity contribution is 5.92. The summed E-state index contributed by atoms with van der Waals surface area (Å²) in [4.78, 5) is 14.2. The van der Waals surface area contributed by atoms with E-state index in [4.69, 9.17) is 0 Å². The number of aromatic amines is 1. The maximum Gasteiger partial charge on any atom is 0.274 e. The van der Waals surface area contributed by atoms with Gasteiger partial charge in [0.2, 0.25) is 0 Å². The molecule has 1 unspecified atom stereocenters. The molecule has 0 aromatic carbocycles. The number of hydrogen-bond donors (Lipinski definition) is 2. The summed E-state index contributed by atoms with van der Waals surface area (Å²) in [6.45, 7) is 4.58. The molecule has 5 nitrogen and oxygen atoms in total. The van der Waals surface area contributed by atoms with Gasteiger partial charge in [-0.1, -0.05) is 0 Å². The Morgan fingerprint density at radius 1 is 1.50 bits per heavy atom. The highest BCUT2D eigenvalue weighted by atomic mass is 35.5. The minimum Gasteiger partial charge on any atom is -0.332 e. The first-order valence-electron chi connectivity index (χ1n) is 6.32. The van der Waals surface area contributed by atoms with Crippen molar-refractivity contribution in [2.75, 3.05) is 19.6 Å². The van der Waals surface area contributed by atoms with Crippen molar-refractivity contribution < 1.29 is 4.79 Å².